The Morgan fingerprint density at radius 3 is 2.62 bits per heavy atom. The lowest BCUT2D eigenvalue weighted by Gasteiger charge is -2.11. The second kappa shape index (κ2) is 3.66. The summed E-state index contributed by atoms with van der Waals surface area (Å²) < 4.78 is 24.9. The Morgan fingerprint density at radius 2 is 2.23 bits per heavy atom. The minimum absolute atomic E-state index is 0.0790. The van der Waals surface area contributed by atoms with Crippen LogP contribution in [0.4, 0.5) is 14.5 Å². The molecule has 5 heteroatoms. The number of aliphatic hydroxyl groups is 1. The summed E-state index contributed by atoms with van der Waals surface area (Å²) in [5, 5.41) is 8.84. The zero-order valence-corrected chi connectivity index (χ0v) is 7.09. The van der Waals surface area contributed by atoms with E-state index in [1.807, 2.05) is 0 Å². The molecule has 0 spiro atoms. The topological polar surface area (TPSA) is 59.1 Å². The van der Waals surface area contributed by atoms with Gasteiger partial charge in [0.15, 0.2) is 0 Å². The maximum atomic E-state index is 12.4. The lowest BCUT2D eigenvalue weighted by Crippen LogP contribution is -2.05. The normalized spacial score (nSPS) is 10.8. The minimum Gasteiger partial charge on any atom is -0.397 e. The van der Waals surface area contributed by atoms with E-state index in [1.54, 1.807) is 6.92 Å². The van der Waals surface area contributed by atoms with Gasteiger partial charge in [-0.25, -0.2) is 8.78 Å². The first-order valence-electron chi connectivity index (χ1n) is 3.70. The van der Waals surface area contributed by atoms with Gasteiger partial charge in [0.05, 0.1) is 18.5 Å². The van der Waals surface area contributed by atoms with Crippen molar-refractivity contribution in [2.75, 3.05) is 5.73 Å². The van der Waals surface area contributed by atoms with E-state index in [1.165, 1.54) is 6.20 Å². The second-order valence-electron chi connectivity index (χ2n) is 2.65. The van der Waals surface area contributed by atoms with Crippen LogP contribution < -0.4 is 5.73 Å². The van der Waals surface area contributed by atoms with Crippen molar-refractivity contribution in [1.29, 1.82) is 0 Å². The monoisotopic (exact) mass is 188 g/mol. The molecule has 1 aromatic heterocycles. The summed E-state index contributed by atoms with van der Waals surface area (Å²) >= 11 is 0. The van der Waals surface area contributed by atoms with Gasteiger partial charge in [-0.05, 0) is 6.92 Å². The van der Waals surface area contributed by atoms with Gasteiger partial charge in [-0.1, -0.05) is 0 Å². The van der Waals surface area contributed by atoms with E-state index in [-0.39, 0.29) is 16.8 Å². The van der Waals surface area contributed by atoms with Gasteiger partial charge >= 0.3 is 0 Å². The molecule has 0 bridgehead atoms. The van der Waals surface area contributed by atoms with Gasteiger partial charge in [0, 0.05) is 16.8 Å². The quantitative estimate of drug-likeness (QED) is 0.737. The standard InChI is InChI=1S/C8H10F2N2O/c1-4-5(3-13)7(8(9)10)6(11)2-12-4/h2,8,13H,3,11H2,1H3. The van der Waals surface area contributed by atoms with Crippen molar-refractivity contribution in [1.82, 2.24) is 4.98 Å². The molecule has 13 heavy (non-hydrogen) atoms. The maximum Gasteiger partial charge on any atom is 0.266 e. The van der Waals surface area contributed by atoms with Crippen molar-refractivity contribution in [3.63, 3.8) is 0 Å². The number of hydrogen-bond donors (Lipinski definition) is 2. The summed E-state index contributed by atoms with van der Waals surface area (Å²) in [6.45, 7) is 1.08. The van der Waals surface area contributed by atoms with Crippen molar-refractivity contribution in [3.8, 4) is 0 Å². The molecule has 0 aliphatic carbocycles. The third-order valence-electron chi connectivity index (χ3n) is 1.85. The molecule has 0 fully saturated rings. The van der Waals surface area contributed by atoms with Gasteiger partial charge in [-0.3, -0.25) is 4.98 Å². The zero-order valence-electron chi connectivity index (χ0n) is 7.09. The number of rotatable bonds is 2. The Bertz CT molecular complexity index is 315. The van der Waals surface area contributed by atoms with Crippen LogP contribution in [-0.4, -0.2) is 10.1 Å². The highest BCUT2D eigenvalue weighted by Crippen LogP contribution is 2.29. The highest BCUT2D eigenvalue weighted by Gasteiger charge is 2.18. The molecule has 0 saturated carbocycles. The average molecular weight is 188 g/mol. The van der Waals surface area contributed by atoms with Gasteiger partial charge < -0.3 is 10.8 Å². The molecule has 3 N–H and O–H groups in total. The molecule has 0 aliphatic heterocycles. The van der Waals surface area contributed by atoms with Crippen molar-refractivity contribution >= 4 is 5.69 Å². The molecule has 0 aromatic carbocycles. The summed E-state index contributed by atoms with van der Waals surface area (Å²) in [5.74, 6) is 0. The molecule has 0 radical (unpaired) electrons. The number of hydrogen-bond acceptors (Lipinski definition) is 3. The average Bonchev–Trinajstić information content (AvgIpc) is 2.07. The Labute approximate surface area is 74.2 Å². The predicted octanol–water partition coefficient (Wildman–Crippen LogP) is 1.40. The summed E-state index contributed by atoms with van der Waals surface area (Å²) in [6.07, 6.45) is -1.50. The van der Waals surface area contributed by atoms with Crippen molar-refractivity contribution in [2.24, 2.45) is 0 Å². The molecule has 3 nitrogen and oxygen atoms in total. The van der Waals surface area contributed by atoms with Crippen LogP contribution in [-0.2, 0) is 6.61 Å². The summed E-state index contributed by atoms with van der Waals surface area (Å²) in [4.78, 5) is 3.77. The molecular weight excluding hydrogens is 178 g/mol. The first-order chi connectivity index (χ1) is 6.07. The summed E-state index contributed by atoms with van der Waals surface area (Å²) in [5.41, 5.74) is 5.43. The molecular formula is C8H10F2N2O. The fourth-order valence-corrected chi connectivity index (χ4v) is 1.14. The van der Waals surface area contributed by atoms with E-state index in [0.29, 0.717) is 5.69 Å². The van der Waals surface area contributed by atoms with Gasteiger partial charge in [-0.15, -0.1) is 0 Å². The van der Waals surface area contributed by atoms with E-state index in [9.17, 15) is 8.78 Å². The van der Waals surface area contributed by atoms with Gasteiger partial charge in [0.25, 0.3) is 6.43 Å². The third-order valence-corrected chi connectivity index (χ3v) is 1.85. The molecule has 1 rings (SSSR count). The summed E-state index contributed by atoms with van der Waals surface area (Å²) in [6, 6.07) is 0. The molecule has 1 aromatic rings. The number of nitrogen functional groups attached to an aromatic ring is 1. The smallest absolute Gasteiger partial charge is 0.266 e. The van der Waals surface area contributed by atoms with Gasteiger partial charge in [-0.2, -0.15) is 0 Å². The number of aliphatic hydroxyl groups excluding tert-OH is 1. The van der Waals surface area contributed by atoms with E-state index >= 15 is 0 Å². The summed E-state index contributed by atoms with van der Waals surface area (Å²) in [7, 11) is 0. The Kier molecular flexibility index (Phi) is 2.77. The molecule has 0 saturated heterocycles. The lowest BCUT2D eigenvalue weighted by atomic mass is 10.1. The van der Waals surface area contributed by atoms with Crippen LogP contribution >= 0.6 is 0 Å². The van der Waals surface area contributed by atoms with E-state index < -0.39 is 13.0 Å². The fourth-order valence-electron chi connectivity index (χ4n) is 1.14. The van der Waals surface area contributed by atoms with Crippen LogP contribution in [0.3, 0.4) is 0 Å². The van der Waals surface area contributed by atoms with Crippen LogP contribution in [0.1, 0.15) is 23.2 Å². The number of pyridine rings is 1. The van der Waals surface area contributed by atoms with Gasteiger partial charge in [0.1, 0.15) is 0 Å². The highest BCUT2D eigenvalue weighted by atomic mass is 19.3. The Balaban J connectivity index is 3.35. The maximum absolute atomic E-state index is 12.4. The number of anilines is 1. The fraction of sp³-hybridized carbons (Fsp3) is 0.375. The predicted molar refractivity (Wildman–Crippen MR) is 44.3 cm³/mol. The van der Waals surface area contributed by atoms with Crippen molar-refractivity contribution in [3.05, 3.63) is 23.0 Å². The number of alkyl halides is 2. The number of nitrogens with two attached hydrogens (primary N) is 1. The molecule has 1 heterocycles. The van der Waals surface area contributed by atoms with Crippen LogP contribution in [0, 0.1) is 6.92 Å². The SMILES string of the molecule is Cc1ncc(N)c(C(F)F)c1CO. The largest absolute Gasteiger partial charge is 0.397 e. The number of nitrogens with zero attached hydrogens (tertiary/aromatic N) is 1. The molecule has 0 unspecified atom stereocenters. The van der Waals surface area contributed by atoms with Crippen LogP contribution in [0.5, 0.6) is 0 Å². The van der Waals surface area contributed by atoms with Gasteiger partial charge in [0.2, 0.25) is 0 Å². The number of aryl methyl sites for hydroxylation is 1. The Hall–Kier alpha value is -1.23. The van der Waals surface area contributed by atoms with Crippen LogP contribution in [0.2, 0.25) is 0 Å². The number of halogens is 2. The molecule has 0 atom stereocenters. The van der Waals surface area contributed by atoms with E-state index in [0.717, 1.165) is 0 Å². The number of aromatic nitrogens is 1. The first kappa shape index (κ1) is 9.85. The van der Waals surface area contributed by atoms with E-state index in [2.05, 4.69) is 4.98 Å². The molecule has 0 amide bonds. The zero-order chi connectivity index (χ0) is 10.0. The van der Waals surface area contributed by atoms with E-state index in [4.69, 9.17) is 10.8 Å². The second-order valence-corrected chi connectivity index (χ2v) is 2.65. The molecule has 0 aliphatic rings. The third kappa shape index (κ3) is 1.75. The van der Waals surface area contributed by atoms with Crippen LogP contribution in [0.15, 0.2) is 6.20 Å². The van der Waals surface area contributed by atoms with Crippen LogP contribution in [0.25, 0.3) is 0 Å². The minimum atomic E-state index is -2.68. The van der Waals surface area contributed by atoms with Crippen molar-refractivity contribution < 1.29 is 13.9 Å². The first-order valence-corrected chi connectivity index (χ1v) is 3.70. The Morgan fingerprint density at radius 1 is 1.62 bits per heavy atom. The highest BCUT2D eigenvalue weighted by molar-refractivity contribution is 5.51. The lowest BCUT2D eigenvalue weighted by molar-refractivity contribution is 0.147. The molecule has 72 valence electrons. The van der Waals surface area contributed by atoms with Crippen molar-refractivity contribution in [2.45, 2.75) is 20.0 Å².